The van der Waals surface area contributed by atoms with Gasteiger partial charge in [0.2, 0.25) is 0 Å². The highest BCUT2D eigenvalue weighted by Crippen LogP contribution is 2.32. The maximum absolute atomic E-state index is 13.6. The molecule has 88 valence electrons. The van der Waals surface area contributed by atoms with Crippen molar-refractivity contribution in [1.29, 1.82) is 0 Å². The monoisotopic (exact) mass is 232 g/mol. The van der Waals surface area contributed by atoms with Crippen LogP contribution in [-0.4, -0.2) is 9.97 Å². The lowest BCUT2D eigenvalue weighted by Gasteiger charge is -2.09. The molecule has 0 saturated heterocycles. The summed E-state index contributed by atoms with van der Waals surface area (Å²) < 4.78 is 13.6. The first-order valence-corrected chi connectivity index (χ1v) is 5.94. The Kier molecular flexibility index (Phi) is 2.42. The normalized spacial score (nSPS) is 16.8. The molecule has 1 N–H and O–H groups in total. The van der Waals surface area contributed by atoms with Crippen LogP contribution in [0.1, 0.15) is 37.4 Å². The van der Waals surface area contributed by atoms with Gasteiger partial charge in [0.25, 0.3) is 5.56 Å². The van der Waals surface area contributed by atoms with Gasteiger partial charge in [-0.05, 0) is 25.0 Å². The van der Waals surface area contributed by atoms with Gasteiger partial charge in [0.15, 0.2) is 0 Å². The van der Waals surface area contributed by atoms with Crippen molar-refractivity contribution in [2.24, 2.45) is 0 Å². The van der Waals surface area contributed by atoms with Gasteiger partial charge in [-0.3, -0.25) is 4.79 Å². The van der Waals surface area contributed by atoms with Gasteiger partial charge in [0.1, 0.15) is 17.2 Å². The maximum atomic E-state index is 13.6. The minimum atomic E-state index is -0.423. The molecule has 1 aliphatic carbocycles. The molecule has 1 fully saturated rings. The van der Waals surface area contributed by atoms with Crippen molar-refractivity contribution in [3.05, 3.63) is 40.2 Å². The van der Waals surface area contributed by atoms with Crippen molar-refractivity contribution < 1.29 is 4.39 Å². The van der Waals surface area contributed by atoms with E-state index < -0.39 is 5.82 Å². The summed E-state index contributed by atoms with van der Waals surface area (Å²) in [6.45, 7) is 0. The minimum Gasteiger partial charge on any atom is -0.310 e. The highest BCUT2D eigenvalue weighted by atomic mass is 19.1. The van der Waals surface area contributed by atoms with Gasteiger partial charge in [-0.2, -0.15) is 0 Å². The van der Waals surface area contributed by atoms with Gasteiger partial charge in [0, 0.05) is 5.92 Å². The third kappa shape index (κ3) is 1.73. The number of H-pyrrole nitrogens is 1. The van der Waals surface area contributed by atoms with E-state index in [1.54, 1.807) is 6.07 Å². The summed E-state index contributed by atoms with van der Waals surface area (Å²) in [5.74, 6) is 0.504. The Morgan fingerprint density at radius 3 is 2.82 bits per heavy atom. The zero-order valence-electron chi connectivity index (χ0n) is 9.37. The number of aromatic nitrogens is 2. The number of halogens is 1. The minimum absolute atomic E-state index is 0.193. The lowest BCUT2D eigenvalue weighted by atomic mass is 10.1. The van der Waals surface area contributed by atoms with Crippen molar-refractivity contribution in [2.75, 3.05) is 0 Å². The molecule has 1 heterocycles. The third-order valence-electron chi connectivity index (χ3n) is 3.45. The first-order valence-electron chi connectivity index (χ1n) is 5.94. The topological polar surface area (TPSA) is 45.8 Å². The molecule has 2 aromatic rings. The average molecular weight is 232 g/mol. The van der Waals surface area contributed by atoms with Gasteiger partial charge in [-0.1, -0.05) is 18.9 Å². The van der Waals surface area contributed by atoms with E-state index in [0.29, 0.717) is 11.2 Å². The van der Waals surface area contributed by atoms with Gasteiger partial charge in [-0.25, -0.2) is 9.37 Å². The Hall–Kier alpha value is -1.71. The molecule has 1 aromatic heterocycles. The number of aromatic amines is 1. The van der Waals surface area contributed by atoms with E-state index in [9.17, 15) is 9.18 Å². The number of para-hydroxylation sites is 1. The molecule has 0 aliphatic heterocycles. The zero-order chi connectivity index (χ0) is 11.8. The molecule has 0 amide bonds. The van der Waals surface area contributed by atoms with Crippen molar-refractivity contribution >= 4 is 10.9 Å². The Balaban J connectivity index is 2.22. The molecule has 17 heavy (non-hydrogen) atoms. The SMILES string of the molecule is O=c1[nH]c(C2CCCC2)nc2c(F)cccc12. The number of benzene rings is 1. The number of hydrogen-bond acceptors (Lipinski definition) is 2. The summed E-state index contributed by atoms with van der Waals surface area (Å²) in [4.78, 5) is 18.9. The Morgan fingerprint density at radius 2 is 2.06 bits per heavy atom. The molecule has 0 bridgehead atoms. The van der Waals surface area contributed by atoms with Crippen molar-refractivity contribution in [3.8, 4) is 0 Å². The van der Waals surface area contributed by atoms with E-state index in [1.165, 1.54) is 12.1 Å². The van der Waals surface area contributed by atoms with E-state index in [0.717, 1.165) is 25.7 Å². The summed E-state index contributed by atoms with van der Waals surface area (Å²) in [5, 5.41) is 0.326. The molecule has 4 heteroatoms. The number of nitrogens with one attached hydrogen (secondary N) is 1. The molecule has 1 aliphatic rings. The highest BCUT2D eigenvalue weighted by Gasteiger charge is 2.20. The number of hydrogen-bond donors (Lipinski definition) is 1. The van der Waals surface area contributed by atoms with Crippen LogP contribution in [0.25, 0.3) is 10.9 Å². The summed E-state index contributed by atoms with van der Waals surface area (Å²) in [5.41, 5.74) is -0.0467. The molecule has 0 spiro atoms. The molecular weight excluding hydrogens is 219 g/mol. The van der Waals surface area contributed by atoms with Crippen LogP contribution in [0.15, 0.2) is 23.0 Å². The second kappa shape index (κ2) is 3.95. The van der Waals surface area contributed by atoms with E-state index >= 15 is 0 Å². The average Bonchev–Trinajstić information content (AvgIpc) is 2.84. The summed E-state index contributed by atoms with van der Waals surface area (Å²) in [6.07, 6.45) is 4.37. The molecule has 0 unspecified atom stereocenters. The summed E-state index contributed by atoms with van der Waals surface area (Å²) >= 11 is 0. The van der Waals surface area contributed by atoms with Crippen molar-refractivity contribution in [3.63, 3.8) is 0 Å². The van der Waals surface area contributed by atoms with Crippen molar-refractivity contribution in [1.82, 2.24) is 9.97 Å². The molecule has 3 nitrogen and oxygen atoms in total. The van der Waals surface area contributed by atoms with Crippen molar-refractivity contribution in [2.45, 2.75) is 31.6 Å². The predicted octanol–water partition coefficient (Wildman–Crippen LogP) is 2.72. The Labute approximate surface area is 97.7 Å². The number of rotatable bonds is 1. The standard InChI is InChI=1S/C13H13FN2O/c14-10-7-3-6-9-11(10)15-12(16-13(9)17)8-4-1-2-5-8/h3,6-8H,1-2,4-5H2,(H,15,16,17). The third-order valence-corrected chi connectivity index (χ3v) is 3.45. The zero-order valence-corrected chi connectivity index (χ0v) is 9.37. The fourth-order valence-corrected chi connectivity index (χ4v) is 2.54. The van der Waals surface area contributed by atoms with Crippen LogP contribution < -0.4 is 5.56 Å². The lowest BCUT2D eigenvalue weighted by molar-refractivity contribution is 0.628. The fourth-order valence-electron chi connectivity index (χ4n) is 2.54. The quantitative estimate of drug-likeness (QED) is 0.821. The van der Waals surface area contributed by atoms with E-state index in [2.05, 4.69) is 9.97 Å². The van der Waals surface area contributed by atoms with Crippen LogP contribution in [0.3, 0.4) is 0 Å². The van der Waals surface area contributed by atoms with Crippen LogP contribution in [0.2, 0.25) is 0 Å². The first kappa shape index (κ1) is 10.4. The van der Waals surface area contributed by atoms with Gasteiger partial charge in [-0.15, -0.1) is 0 Å². The van der Waals surface area contributed by atoms with Gasteiger partial charge in [0.05, 0.1) is 5.39 Å². The van der Waals surface area contributed by atoms with E-state index in [1.807, 2.05) is 0 Å². The molecular formula is C13H13FN2O. The second-order valence-electron chi connectivity index (χ2n) is 4.57. The van der Waals surface area contributed by atoms with Crippen LogP contribution in [-0.2, 0) is 0 Å². The molecule has 0 radical (unpaired) electrons. The van der Waals surface area contributed by atoms with Gasteiger partial charge < -0.3 is 4.98 Å². The van der Waals surface area contributed by atoms with E-state index in [-0.39, 0.29) is 17.0 Å². The summed E-state index contributed by atoms with van der Waals surface area (Å²) in [7, 11) is 0. The van der Waals surface area contributed by atoms with Crippen LogP contribution in [0, 0.1) is 5.82 Å². The molecule has 1 aromatic carbocycles. The van der Waals surface area contributed by atoms with E-state index in [4.69, 9.17) is 0 Å². The van der Waals surface area contributed by atoms with Crippen LogP contribution in [0.4, 0.5) is 4.39 Å². The van der Waals surface area contributed by atoms with Crippen LogP contribution in [0.5, 0.6) is 0 Å². The lowest BCUT2D eigenvalue weighted by Crippen LogP contribution is -2.14. The fraction of sp³-hybridized carbons (Fsp3) is 0.385. The molecule has 0 atom stereocenters. The second-order valence-corrected chi connectivity index (χ2v) is 4.57. The Bertz CT molecular complexity index is 614. The summed E-state index contributed by atoms with van der Waals surface area (Å²) in [6, 6.07) is 4.47. The first-order chi connectivity index (χ1) is 8.25. The number of nitrogens with zero attached hydrogens (tertiary/aromatic N) is 1. The molecule has 1 saturated carbocycles. The van der Waals surface area contributed by atoms with Gasteiger partial charge >= 0.3 is 0 Å². The Morgan fingerprint density at radius 1 is 1.29 bits per heavy atom. The highest BCUT2D eigenvalue weighted by molar-refractivity contribution is 5.77. The predicted molar refractivity (Wildman–Crippen MR) is 63.5 cm³/mol. The smallest absolute Gasteiger partial charge is 0.258 e. The number of fused-ring (bicyclic) bond motifs is 1. The van der Waals surface area contributed by atoms with Crippen LogP contribution >= 0.6 is 0 Å². The maximum Gasteiger partial charge on any atom is 0.258 e. The largest absolute Gasteiger partial charge is 0.310 e. The molecule has 3 rings (SSSR count).